The van der Waals surface area contributed by atoms with Gasteiger partial charge in [-0.25, -0.2) is 9.97 Å². The van der Waals surface area contributed by atoms with Crippen molar-refractivity contribution in [3.63, 3.8) is 0 Å². The van der Waals surface area contributed by atoms with Gasteiger partial charge in [-0.05, 0) is 18.2 Å². The second kappa shape index (κ2) is 4.60. The number of rotatable bonds is 2. The molecule has 0 fully saturated rings. The predicted octanol–water partition coefficient (Wildman–Crippen LogP) is 3.01. The van der Waals surface area contributed by atoms with Crippen LogP contribution in [0.2, 0.25) is 10.0 Å². The molecule has 1 heterocycles. The second-order valence-corrected chi connectivity index (χ2v) is 3.99. The lowest BCUT2D eigenvalue weighted by atomic mass is 10.1. The van der Waals surface area contributed by atoms with Crippen LogP contribution in [0.25, 0.3) is 0 Å². The lowest BCUT2D eigenvalue weighted by molar-refractivity contribution is 0.103. The van der Waals surface area contributed by atoms with E-state index in [0.717, 1.165) is 0 Å². The SMILES string of the molecule is O=C(c1cncnc1)c1cc(Cl)cc(Cl)c1. The molecule has 0 aliphatic heterocycles. The summed E-state index contributed by atoms with van der Waals surface area (Å²) in [7, 11) is 0. The molecule has 0 N–H and O–H groups in total. The maximum Gasteiger partial charge on any atom is 0.196 e. The molecule has 5 heteroatoms. The van der Waals surface area contributed by atoms with E-state index in [4.69, 9.17) is 23.2 Å². The van der Waals surface area contributed by atoms with E-state index in [-0.39, 0.29) is 5.78 Å². The van der Waals surface area contributed by atoms with Crippen molar-refractivity contribution in [1.82, 2.24) is 9.97 Å². The topological polar surface area (TPSA) is 42.9 Å². The van der Waals surface area contributed by atoms with Crippen molar-refractivity contribution in [1.29, 1.82) is 0 Å². The van der Waals surface area contributed by atoms with E-state index in [2.05, 4.69) is 9.97 Å². The molecule has 0 saturated heterocycles. The molecule has 3 nitrogen and oxygen atoms in total. The van der Waals surface area contributed by atoms with Crippen molar-refractivity contribution in [2.75, 3.05) is 0 Å². The van der Waals surface area contributed by atoms with Gasteiger partial charge in [0.2, 0.25) is 0 Å². The van der Waals surface area contributed by atoms with E-state index in [1.807, 2.05) is 0 Å². The summed E-state index contributed by atoms with van der Waals surface area (Å²) in [6.07, 6.45) is 4.26. The second-order valence-electron chi connectivity index (χ2n) is 3.11. The first-order chi connectivity index (χ1) is 7.66. The summed E-state index contributed by atoms with van der Waals surface area (Å²) >= 11 is 11.6. The number of halogens is 2. The molecule has 16 heavy (non-hydrogen) atoms. The average Bonchev–Trinajstić information content (AvgIpc) is 2.28. The highest BCUT2D eigenvalue weighted by Gasteiger charge is 2.10. The molecule has 0 radical (unpaired) electrons. The normalized spacial score (nSPS) is 10.1. The first kappa shape index (κ1) is 11.0. The molecule has 2 aromatic rings. The Morgan fingerprint density at radius 3 is 2.06 bits per heavy atom. The molecule has 0 saturated carbocycles. The minimum Gasteiger partial charge on any atom is -0.288 e. The summed E-state index contributed by atoms with van der Waals surface area (Å²) in [4.78, 5) is 19.5. The molecule has 0 amide bonds. The van der Waals surface area contributed by atoms with E-state index in [1.165, 1.54) is 18.7 Å². The van der Waals surface area contributed by atoms with Gasteiger partial charge in [0.1, 0.15) is 6.33 Å². The molecular weight excluding hydrogens is 247 g/mol. The zero-order chi connectivity index (χ0) is 11.5. The van der Waals surface area contributed by atoms with E-state index < -0.39 is 0 Å². The van der Waals surface area contributed by atoms with Crippen LogP contribution in [-0.2, 0) is 0 Å². The van der Waals surface area contributed by atoms with Crippen molar-refractivity contribution >= 4 is 29.0 Å². The number of hydrogen-bond acceptors (Lipinski definition) is 3. The van der Waals surface area contributed by atoms with Gasteiger partial charge in [-0.2, -0.15) is 0 Å². The number of aromatic nitrogens is 2. The van der Waals surface area contributed by atoms with Crippen molar-refractivity contribution in [3.8, 4) is 0 Å². The summed E-state index contributed by atoms with van der Waals surface area (Å²) in [5, 5.41) is 0.848. The van der Waals surface area contributed by atoms with Gasteiger partial charge in [-0.1, -0.05) is 23.2 Å². The molecule has 0 spiro atoms. The standard InChI is InChI=1S/C11H6Cl2N2O/c12-9-1-7(2-10(13)3-9)11(16)8-4-14-6-15-5-8/h1-6H. The smallest absolute Gasteiger partial charge is 0.196 e. The van der Waals surface area contributed by atoms with Crippen molar-refractivity contribution < 1.29 is 4.79 Å². The third-order valence-corrected chi connectivity index (χ3v) is 2.38. The van der Waals surface area contributed by atoms with Crippen LogP contribution in [0.4, 0.5) is 0 Å². The van der Waals surface area contributed by atoms with Crippen LogP contribution in [-0.4, -0.2) is 15.8 Å². The summed E-state index contributed by atoms with van der Waals surface area (Å²) in [6.45, 7) is 0. The Kier molecular flexibility index (Phi) is 3.17. The van der Waals surface area contributed by atoms with Gasteiger partial charge in [0.15, 0.2) is 5.78 Å². The lowest BCUT2D eigenvalue weighted by Gasteiger charge is -2.01. The van der Waals surface area contributed by atoms with Crippen LogP contribution in [0.3, 0.4) is 0 Å². The summed E-state index contributed by atoms with van der Waals surface area (Å²) in [6, 6.07) is 4.69. The van der Waals surface area contributed by atoms with Crippen LogP contribution in [0.1, 0.15) is 15.9 Å². The fourth-order valence-electron chi connectivity index (χ4n) is 1.27. The van der Waals surface area contributed by atoms with E-state index in [9.17, 15) is 4.79 Å². The fourth-order valence-corrected chi connectivity index (χ4v) is 1.79. The van der Waals surface area contributed by atoms with Gasteiger partial charge in [0, 0.05) is 28.0 Å². The van der Waals surface area contributed by atoms with Crippen LogP contribution >= 0.6 is 23.2 Å². The zero-order valence-corrected chi connectivity index (χ0v) is 9.53. The Labute approximate surface area is 102 Å². The third-order valence-electron chi connectivity index (χ3n) is 1.95. The summed E-state index contributed by atoms with van der Waals surface area (Å²) < 4.78 is 0. The van der Waals surface area contributed by atoms with Gasteiger partial charge in [-0.3, -0.25) is 4.79 Å². The van der Waals surface area contributed by atoms with Gasteiger partial charge >= 0.3 is 0 Å². The number of ketones is 1. The van der Waals surface area contributed by atoms with E-state index in [0.29, 0.717) is 21.2 Å². The number of carbonyl (C=O) groups is 1. The molecule has 0 atom stereocenters. The van der Waals surface area contributed by atoms with Crippen molar-refractivity contribution in [2.45, 2.75) is 0 Å². The first-order valence-corrected chi connectivity index (χ1v) is 5.18. The molecule has 2 rings (SSSR count). The number of carbonyl (C=O) groups excluding carboxylic acids is 1. The summed E-state index contributed by atoms with van der Waals surface area (Å²) in [5.74, 6) is -0.204. The Morgan fingerprint density at radius 2 is 1.50 bits per heavy atom. The molecule has 0 unspecified atom stereocenters. The van der Waals surface area contributed by atoms with Gasteiger partial charge < -0.3 is 0 Å². The van der Waals surface area contributed by atoms with Gasteiger partial charge in [0.05, 0.1) is 5.56 Å². The van der Waals surface area contributed by atoms with Crippen LogP contribution in [0.15, 0.2) is 36.9 Å². The monoisotopic (exact) mass is 252 g/mol. The Morgan fingerprint density at radius 1 is 0.938 bits per heavy atom. The largest absolute Gasteiger partial charge is 0.288 e. The van der Waals surface area contributed by atoms with E-state index in [1.54, 1.807) is 18.2 Å². The lowest BCUT2D eigenvalue weighted by Crippen LogP contribution is -2.02. The highest BCUT2D eigenvalue weighted by atomic mass is 35.5. The molecule has 0 aliphatic carbocycles. The van der Waals surface area contributed by atoms with Crippen molar-refractivity contribution in [3.05, 3.63) is 58.1 Å². The van der Waals surface area contributed by atoms with Gasteiger partial charge in [-0.15, -0.1) is 0 Å². The highest BCUT2D eigenvalue weighted by molar-refractivity contribution is 6.35. The maximum atomic E-state index is 12.0. The quantitative estimate of drug-likeness (QED) is 0.772. The number of hydrogen-bond donors (Lipinski definition) is 0. The van der Waals surface area contributed by atoms with Crippen LogP contribution in [0.5, 0.6) is 0 Å². The minimum atomic E-state index is -0.204. The number of nitrogens with zero attached hydrogens (tertiary/aromatic N) is 2. The Hall–Kier alpha value is -1.45. The average molecular weight is 253 g/mol. The third kappa shape index (κ3) is 2.38. The minimum absolute atomic E-state index is 0.204. The van der Waals surface area contributed by atoms with Crippen LogP contribution in [0, 0.1) is 0 Å². The molecule has 80 valence electrons. The van der Waals surface area contributed by atoms with Crippen molar-refractivity contribution in [2.24, 2.45) is 0 Å². The number of benzene rings is 1. The molecule has 1 aromatic heterocycles. The van der Waals surface area contributed by atoms with Crippen LogP contribution < -0.4 is 0 Å². The van der Waals surface area contributed by atoms with Gasteiger partial charge in [0.25, 0.3) is 0 Å². The first-order valence-electron chi connectivity index (χ1n) is 4.42. The molecule has 0 bridgehead atoms. The zero-order valence-electron chi connectivity index (χ0n) is 8.02. The molecule has 1 aromatic carbocycles. The fraction of sp³-hybridized carbons (Fsp3) is 0. The Balaban J connectivity index is 2.42. The Bertz CT molecular complexity index is 509. The highest BCUT2D eigenvalue weighted by Crippen LogP contribution is 2.20. The maximum absolute atomic E-state index is 12.0. The van der Waals surface area contributed by atoms with E-state index >= 15 is 0 Å². The summed E-state index contributed by atoms with van der Waals surface area (Å²) in [5.41, 5.74) is 0.827. The molecular formula is C11H6Cl2N2O. The molecule has 0 aliphatic rings. The predicted molar refractivity (Wildman–Crippen MR) is 61.9 cm³/mol.